The van der Waals surface area contributed by atoms with Gasteiger partial charge < -0.3 is 4.74 Å². The SMILES string of the molecule is CCOC(=O)c1ccc(Cl)nc1-c1ccc(C(F)(F)F)cc1. The van der Waals surface area contributed by atoms with Crippen LogP contribution in [0.5, 0.6) is 0 Å². The van der Waals surface area contributed by atoms with Gasteiger partial charge in [-0.05, 0) is 31.2 Å². The molecule has 0 saturated carbocycles. The lowest BCUT2D eigenvalue weighted by atomic mass is 10.0. The molecule has 3 nitrogen and oxygen atoms in total. The van der Waals surface area contributed by atoms with E-state index in [1.807, 2.05) is 0 Å². The number of carbonyl (C=O) groups is 1. The Balaban J connectivity index is 2.47. The number of nitrogens with zero attached hydrogens (tertiary/aromatic N) is 1. The van der Waals surface area contributed by atoms with E-state index in [-0.39, 0.29) is 23.0 Å². The van der Waals surface area contributed by atoms with Crippen molar-refractivity contribution in [2.75, 3.05) is 6.61 Å². The number of aromatic nitrogens is 1. The second-order valence-corrected chi connectivity index (χ2v) is 4.71. The van der Waals surface area contributed by atoms with Crippen molar-refractivity contribution in [3.05, 3.63) is 52.7 Å². The molecule has 22 heavy (non-hydrogen) atoms. The number of hydrogen-bond acceptors (Lipinski definition) is 3. The predicted octanol–water partition coefficient (Wildman–Crippen LogP) is 4.60. The smallest absolute Gasteiger partial charge is 0.416 e. The van der Waals surface area contributed by atoms with E-state index in [2.05, 4.69) is 4.98 Å². The summed E-state index contributed by atoms with van der Waals surface area (Å²) in [6.07, 6.45) is -4.43. The van der Waals surface area contributed by atoms with Crippen LogP contribution in [0.1, 0.15) is 22.8 Å². The number of halogens is 4. The molecule has 1 heterocycles. The molecular weight excluding hydrogens is 319 g/mol. The van der Waals surface area contributed by atoms with E-state index in [0.29, 0.717) is 5.56 Å². The van der Waals surface area contributed by atoms with Gasteiger partial charge in [0, 0.05) is 5.56 Å². The van der Waals surface area contributed by atoms with Crippen LogP contribution in [0.4, 0.5) is 13.2 Å². The largest absolute Gasteiger partial charge is 0.462 e. The quantitative estimate of drug-likeness (QED) is 0.610. The first-order chi connectivity index (χ1) is 10.3. The third-order valence-corrected chi connectivity index (χ3v) is 3.05. The van der Waals surface area contributed by atoms with Gasteiger partial charge in [0.15, 0.2) is 0 Å². The van der Waals surface area contributed by atoms with Gasteiger partial charge in [0.2, 0.25) is 0 Å². The number of ether oxygens (including phenoxy) is 1. The third-order valence-electron chi connectivity index (χ3n) is 2.84. The molecule has 0 atom stereocenters. The molecule has 1 aromatic carbocycles. The van der Waals surface area contributed by atoms with E-state index < -0.39 is 17.7 Å². The van der Waals surface area contributed by atoms with Crippen LogP contribution < -0.4 is 0 Å². The van der Waals surface area contributed by atoms with Gasteiger partial charge in [-0.15, -0.1) is 0 Å². The summed E-state index contributed by atoms with van der Waals surface area (Å²) in [6.45, 7) is 1.83. The van der Waals surface area contributed by atoms with E-state index in [9.17, 15) is 18.0 Å². The van der Waals surface area contributed by atoms with Crippen molar-refractivity contribution in [1.29, 1.82) is 0 Å². The number of rotatable bonds is 3. The molecule has 0 aliphatic carbocycles. The second-order valence-electron chi connectivity index (χ2n) is 4.33. The van der Waals surface area contributed by atoms with Crippen molar-refractivity contribution >= 4 is 17.6 Å². The molecular formula is C15H11ClF3NO2. The van der Waals surface area contributed by atoms with Gasteiger partial charge in [-0.2, -0.15) is 13.2 Å². The van der Waals surface area contributed by atoms with Crippen molar-refractivity contribution < 1.29 is 22.7 Å². The third kappa shape index (κ3) is 3.57. The van der Waals surface area contributed by atoms with Gasteiger partial charge in [-0.25, -0.2) is 9.78 Å². The molecule has 0 aliphatic rings. The Morgan fingerprint density at radius 1 is 1.18 bits per heavy atom. The second kappa shape index (κ2) is 6.36. The van der Waals surface area contributed by atoms with Gasteiger partial charge in [-0.1, -0.05) is 23.7 Å². The Bertz CT molecular complexity index is 684. The van der Waals surface area contributed by atoms with Crippen LogP contribution in [-0.2, 0) is 10.9 Å². The summed E-state index contributed by atoms with van der Waals surface area (Å²) in [5, 5.41) is 0.128. The standard InChI is InChI=1S/C15H11ClF3NO2/c1-2-22-14(21)11-7-8-12(16)20-13(11)9-3-5-10(6-4-9)15(17,18)19/h3-8H,2H2,1H3. The van der Waals surface area contributed by atoms with Crippen LogP contribution in [-0.4, -0.2) is 17.6 Å². The highest BCUT2D eigenvalue weighted by Crippen LogP contribution is 2.31. The van der Waals surface area contributed by atoms with Crippen molar-refractivity contribution in [2.24, 2.45) is 0 Å². The Morgan fingerprint density at radius 3 is 2.36 bits per heavy atom. The lowest BCUT2D eigenvalue weighted by Crippen LogP contribution is -2.08. The van der Waals surface area contributed by atoms with Gasteiger partial charge in [0.1, 0.15) is 5.15 Å². The van der Waals surface area contributed by atoms with Crippen molar-refractivity contribution in [1.82, 2.24) is 4.98 Å². The molecule has 0 saturated heterocycles. The van der Waals surface area contributed by atoms with E-state index in [4.69, 9.17) is 16.3 Å². The molecule has 116 valence electrons. The molecule has 0 amide bonds. The molecule has 0 radical (unpaired) electrons. The molecule has 0 fully saturated rings. The van der Waals surface area contributed by atoms with E-state index in [1.54, 1.807) is 6.92 Å². The van der Waals surface area contributed by atoms with Crippen LogP contribution in [0.2, 0.25) is 5.15 Å². The Kier molecular flexibility index (Phi) is 4.71. The molecule has 1 aromatic heterocycles. The van der Waals surface area contributed by atoms with E-state index in [1.165, 1.54) is 24.3 Å². The summed E-state index contributed by atoms with van der Waals surface area (Å²) in [5.74, 6) is -0.610. The highest BCUT2D eigenvalue weighted by atomic mass is 35.5. The minimum atomic E-state index is -4.43. The van der Waals surface area contributed by atoms with Crippen molar-refractivity contribution in [3.8, 4) is 11.3 Å². The van der Waals surface area contributed by atoms with E-state index >= 15 is 0 Å². The first-order valence-electron chi connectivity index (χ1n) is 6.34. The summed E-state index contributed by atoms with van der Waals surface area (Å²) in [5.41, 5.74) is -0.111. The number of carbonyl (C=O) groups excluding carboxylic acids is 1. The average molecular weight is 330 g/mol. The van der Waals surface area contributed by atoms with Crippen LogP contribution in [0.25, 0.3) is 11.3 Å². The first kappa shape index (κ1) is 16.3. The highest BCUT2D eigenvalue weighted by Gasteiger charge is 2.30. The lowest BCUT2D eigenvalue weighted by molar-refractivity contribution is -0.137. The van der Waals surface area contributed by atoms with E-state index in [0.717, 1.165) is 12.1 Å². The average Bonchev–Trinajstić information content (AvgIpc) is 2.46. The lowest BCUT2D eigenvalue weighted by Gasteiger charge is -2.10. The van der Waals surface area contributed by atoms with Crippen LogP contribution >= 0.6 is 11.6 Å². The van der Waals surface area contributed by atoms with Crippen molar-refractivity contribution in [3.63, 3.8) is 0 Å². The van der Waals surface area contributed by atoms with Crippen LogP contribution in [0.3, 0.4) is 0 Å². The maximum absolute atomic E-state index is 12.6. The fourth-order valence-corrected chi connectivity index (χ4v) is 1.99. The molecule has 7 heteroatoms. The Morgan fingerprint density at radius 2 is 1.82 bits per heavy atom. The number of hydrogen-bond donors (Lipinski definition) is 0. The van der Waals surface area contributed by atoms with Gasteiger partial charge in [0.05, 0.1) is 23.4 Å². The number of esters is 1. The predicted molar refractivity (Wildman–Crippen MR) is 75.6 cm³/mol. The van der Waals surface area contributed by atoms with Gasteiger partial charge in [-0.3, -0.25) is 0 Å². The molecule has 0 bridgehead atoms. The summed E-state index contributed by atoms with van der Waals surface area (Å²) >= 11 is 5.81. The first-order valence-corrected chi connectivity index (χ1v) is 6.72. The minimum absolute atomic E-state index is 0.128. The zero-order valence-electron chi connectivity index (χ0n) is 11.4. The number of pyridine rings is 1. The zero-order valence-corrected chi connectivity index (χ0v) is 12.2. The van der Waals surface area contributed by atoms with Crippen molar-refractivity contribution in [2.45, 2.75) is 13.1 Å². The fourth-order valence-electron chi connectivity index (χ4n) is 1.85. The maximum atomic E-state index is 12.6. The minimum Gasteiger partial charge on any atom is -0.462 e. The monoisotopic (exact) mass is 329 g/mol. The molecule has 2 rings (SSSR count). The highest BCUT2D eigenvalue weighted by molar-refractivity contribution is 6.29. The fraction of sp³-hybridized carbons (Fsp3) is 0.200. The molecule has 0 unspecified atom stereocenters. The zero-order chi connectivity index (χ0) is 16.3. The maximum Gasteiger partial charge on any atom is 0.416 e. The Labute approximate surface area is 129 Å². The van der Waals surface area contributed by atoms with Gasteiger partial charge in [0.25, 0.3) is 0 Å². The number of benzene rings is 1. The van der Waals surface area contributed by atoms with Gasteiger partial charge >= 0.3 is 12.1 Å². The molecule has 0 aliphatic heterocycles. The topological polar surface area (TPSA) is 39.2 Å². The van der Waals surface area contributed by atoms with Crippen LogP contribution in [0, 0.1) is 0 Å². The normalized spacial score (nSPS) is 11.3. The summed E-state index contributed by atoms with van der Waals surface area (Å²) < 4.78 is 42.7. The molecule has 0 N–H and O–H groups in total. The molecule has 2 aromatic rings. The van der Waals surface area contributed by atoms with Crippen LogP contribution in [0.15, 0.2) is 36.4 Å². The summed E-state index contributed by atoms with van der Waals surface area (Å²) in [6, 6.07) is 7.18. The summed E-state index contributed by atoms with van der Waals surface area (Å²) in [7, 11) is 0. The summed E-state index contributed by atoms with van der Waals surface area (Å²) in [4.78, 5) is 15.9. The molecule has 0 spiro atoms. The Hall–Kier alpha value is -2.08. The number of alkyl halides is 3.